The number of nitrogens with one attached hydrogen (secondary N) is 2. The van der Waals surface area contributed by atoms with Crippen LogP contribution in [0.15, 0.2) is 38.3 Å². The lowest BCUT2D eigenvalue weighted by atomic mass is 10.00. The number of aliphatic hydroxyl groups excluding tert-OH is 1. The van der Waals surface area contributed by atoms with E-state index >= 15 is 0 Å². The van der Waals surface area contributed by atoms with Crippen molar-refractivity contribution in [3.05, 3.63) is 72.4 Å². The smallest absolute Gasteiger partial charge is 0.253 e. The second-order valence-electron chi connectivity index (χ2n) is 8.58. The summed E-state index contributed by atoms with van der Waals surface area (Å²) in [4.78, 5) is 37.7. The van der Waals surface area contributed by atoms with E-state index in [-0.39, 0.29) is 36.4 Å². The van der Waals surface area contributed by atoms with E-state index in [0.29, 0.717) is 27.6 Å². The van der Waals surface area contributed by atoms with Crippen molar-refractivity contribution < 1.29 is 14.3 Å². The Labute approximate surface area is 194 Å². The molecule has 0 spiro atoms. The van der Waals surface area contributed by atoms with Gasteiger partial charge in [-0.25, -0.2) is 0 Å². The number of hydrogen-bond acceptors (Lipinski definition) is 8. The molecule has 1 aromatic heterocycles. The van der Waals surface area contributed by atoms with Crippen molar-refractivity contribution >= 4 is 34.6 Å². The number of fused-ring (bicyclic) bond motifs is 1. The summed E-state index contributed by atoms with van der Waals surface area (Å²) in [6.07, 6.45) is -1.15. The zero-order valence-electron chi connectivity index (χ0n) is 18.4. The number of furan rings is 1. The third kappa shape index (κ3) is 4.15. The van der Waals surface area contributed by atoms with Gasteiger partial charge in [0.25, 0.3) is 10.9 Å². The molecule has 0 radical (unpaired) electrons. The Balaban J connectivity index is 1.66. The molecule has 0 aliphatic carbocycles. The number of rotatable bonds is 8. The number of nitrogens with zero attached hydrogens (tertiary/aromatic N) is 1. The van der Waals surface area contributed by atoms with Crippen LogP contribution in [0.5, 0.6) is 0 Å². The number of aryl methyl sites for hydroxylation is 1. The summed E-state index contributed by atoms with van der Waals surface area (Å²) >= 11 is 6.31. The lowest BCUT2D eigenvalue weighted by molar-refractivity contribution is -0.122. The Morgan fingerprint density at radius 1 is 1.24 bits per heavy atom. The molecule has 2 aromatic carbocycles. The highest BCUT2D eigenvalue weighted by Crippen LogP contribution is 2.42. The van der Waals surface area contributed by atoms with Crippen LogP contribution in [-0.4, -0.2) is 22.5 Å². The molecule has 174 valence electrons. The van der Waals surface area contributed by atoms with Gasteiger partial charge in [-0.15, -0.1) is 0 Å². The summed E-state index contributed by atoms with van der Waals surface area (Å²) in [6, 6.07) is 6.60. The van der Waals surface area contributed by atoms with Crippen molar-refractivity contribution in [1.82, 2.24) is 4.90 Å². The number of hydrogen-bond donors (Lipinski definition) is 4. The Hall–Kier alpha value is -3.14. The van der Waals surface area contributed by atoms with Crippen molar-refractivity contribution in [2.75, 3.05) is 17.2 Å². The molecule has 2 heterocycles. The van der Waals surface area contributed by atoms with Gasteiger partial charge in [0.2, 0.25) is 5.91 Å². The maximum Gasteiger partial charge on any atom is 0.253 e. The molecule has 0 saturated carbocycles. The van der Waals surface area contributed by atoms with Gasteiger partial charge in [-0.05, 0) is 42.7 Å². The van der Waals surface area contributed by atoms with E-state index in [1.807, 2.05) is 32.9 Å². The number of halogens is 1. The van der Waals surface area contributed by atoms with Crippen LogP contribution in [0.3, 0.4) is 0 Å². The van der Waals surface area contributed by atoms with Crippen LogP contribution < -0.4 is 27.2 Å². The number of carbonyl (C=O) groups excluding carboxylic acids is 1. The minimum absolute atomic E-state index is 0.0664. The van der Waals surface area contributed by atoms with E-state index in [0.717, 1.165) is 5.76 Å². The molecule has 9 nitrogen and oxygen atoms in total. The maximum absolute atomic E-state index is 12.4. The first kappa shape index (κ1) is 23.0. The zero-order chi connectivity index (χ0) is 24.0. The van der Waals surface area contributed by atoms with Crippen molar-refractivity contribution in [1.29, 1.82) is 0 Å². The van der Waals surface area contributed by atoms with Crippen molar-refractivity contribution in [2.24, 2.45) is 11.7 Å². The van der Waals surface area contributed by atoms with Gasteiger partial charge in [0.05, 0.1) is 12.6 Å². The highest BCUT2D eigenvalue weighted by Gasteiger charge is 2.35. The molecule has 5 N–H and O–H groups in total. The minimum atomic E-state index is -1.15. The van der Waals surface area contributed by atoms with E-state index in [9.17, 15) is 19.5 Å². The van der Waals surface area contributed by atoms with E-state index in [4.69, 9.17) is 21.8 Å². The molecule has 3 aromatic rings. The van der Waals surface area contributed by atoms with Gasteiger partial charge < -0.3 is 25.9 Å². The first-order valence-corrected chi connectivity index (χ1v) is 10.9. The molecule has 10 heteroatoms. The molecular weight excluding hydrogens is 448 g/mol. The number of amides is 1. The normalized spacial score (nSPS) is 16.8. The predicted molar refractivity (Wildman–Crippen MR) is 125 cm³/mol. The standard InChI is InChI=1S/C23H25ClN4O5/c1-10(2)18(15-7-4-11(3)33-15)27-20-19(21(30)22(20)31)26-14-6-5-13(24)12-8-28(9-16(25)29)23(32)17(12)14/h4-7,10,18,23,26-27,32H,8-9H2,1-3H3,(H2,25,29). The molecule has 0 saturated heterocycles. The van der Waals surface area contributed by atoms with Gasteiger partial charge in [-0.3, -0.25) is 19.3 Å². The molecule has 0 fully saturated rings. The van der Waals surface area contributed by atoms with E-state index in [1.165, 1.54) is 4.90 Å². The largest absolute Gasteiger partial charge is 0.464 e. The number of anilines is 3. The summed E-state index contributed by atoms with van der Waals surface area (Å²) in [6.45, 7) is 5.85. The van der Waals surface area contributed by atoms with Gasteiger partial charge in [-0.2, -0.15) is 0 Å². The fourth-order valence-electron chi connectivity index (χ4n) is 4.14. The highest BCUT2D eigenvalue weighted by molar-refractivity contribution is 6.31. The summed E-state index contributed by atoms with van der Waals surface area (Å²) < 4.78 is 5.73. The lowest BCUT2D eigenvalue weighted by Gasteiger charge is -2.25. The van der Waals surface area contributed by atoms with Crippen molar-refractivity contribution in [3.63, 3.8) is 0 Å². The summed E-state index contributed by atoms with van der Waals surface area (Å²) in [5, 5.41) is 17.3. The summed E-state index contributed by atoms with van der Waals surface area (Å²) in [5.74, 6) is 0.879. The predicted octanol–water partition coefficient (Wildman–Crippen LogP) is 2.68. The quantitative estimate of drug-likeness (QED) is 0.367. The molecule has 1 aliphatic rings. The minimum Gasteiger partial charge on any atom is -0.464 e. The van der Waals surface area contributed by atoms with Crippen molar-refractivity contribution in [3.8, 4) is 0 Å². The van der Waals surface area contributed by atoms with Crippen LogP contribution in [-0.2, 0) is 11.3 Å². The number of nitrogens with two attached hydrogens (primary N) is 1. The van der Waals surface area contributed by atoms with Gasteiger partial charge in [0, 0.05) is 22.8 Å². The monoisotopic (exact) mass is 472 g/mol. The van der Waals surface area contributed by atoms with Crippen LogP contribution in [0.1, 0.15) is 48.8 Å². The van der Waals surface area contributed by atoms with Crippen LogP contribution in [0.25, 0.3) is 0 Å². The fraction of sp³-hybridized carbons (Fsp3) is 0.348. The van der Waals surface area contributed by atoms with Crippen LogP contribution in [0.2, 0.25) is 5.02 Å². The van der Waals surface area contributed by atoms with Gasteiger partial charge >= 0.3 is 0 Å². The average Bonchev–Trinajstić information content (AvgIpc) is 3.32. The van der Waals surface area contributed by atoms with Crippen LogP contribution >= 0.6 is 11.6 Å². The zero-order valence-corrected chi connectivity index (χ0v) is 19.2. The molecule has 2 atom stereocenters. The Bertz CT molecular complexity index is 1290. The topological polar surface area (TPSA) is 138 Å². The maximum atomic E-state index is 12.4. The molecule has 1 aliphatic heterocycles. The van der Waals surface area contributed by atoms with Crippen LogP contribution in [0, 0.1) is 12.8 Å². The number of carbonyl (C=O) groups is 1. The second kappa shape index (κ2) is 8.66. The van der Waals surface area contributed by atoms with Crippen LogP contribution in [0.4, 0.5) is 17.1 Å². The summed E-state index contributed by atoms with van der Waals surface area (Å²) in [7, 11) is 0. The average molecular weight is 473 g/mol. The lowest BCUT2D eigenvalue weighted by Crippen LogP contribution is -2.38. The van der Waals surface area contributed by atoms with E-state index in [2.05, 4.69) is 10.6 Å². The van der Waals surface area contributed by atoms with Gasteiger partial charge in [0.1, 0.15) is 29.1 Å². The van der Waals surface area contributed by atoms with E-state index < -0.39 is 23.0 Å². The molecular formula is C23H25ClN4O5. The Kier molecular flexibility index (Phi) is 6.04. The fourth-order valence-corrected chi connectivity index (χ4v) is 4.37. The Morgan fingerprint density at radius 2 is 1.94 bits per heavy atom. The molecule has 2 unspecified atom stereocenters. The Morgan fingerprint density at radius 3 is 2.55 bits per heavy atom. The highest BCUT2D eigenvalue weighted by atomic mass is 35.5. The number of aliphatic hydroxyl groups is 1. The van der Waals surface area contributed by atoms with Gasteiger partial charge in [0.15, 0.2) is 0 Å². The molecule has 1 amide bonds. The summed E-state index contributed by atoms with van der Waals surface area (Å²) in [5.41, 5.74) is 5.70. The number of primary amides is 1. The third-order valence-corrected chi connectivity index (χ3v) is 6.18. The molecule has 0 bridgehead atoms. The van der Waals surface area contributed by atoms with Crippen molar-refractivity contribution in [2.45, 2.75) is 39.6 Å². The van der Waals surface area contributed by atoms with Gasteiger partial charge in [-0.1, -0.05) is 25.4 Å². The molecule has 33 heavy (non-hydrogen) atoms. The molecule has 4 rings (SSSR count). The second-order valence-corrected chi connectivity index (χ2v) is 8.99. The first-order valence-electron chi connectivity index (χ1n) is 10.5. The van der Waals surface area contributed by atoms with E-state index in [1.54, 1.807) is 12.1 Å². The first-order chi connectivity index (χ1) is 15.6. The SMILES string of the molecule is Cc1ccc(C(Nc2c(Nc3ccc(Cl)c4c3C(O)N(CC(N)=O)C4)c(=O)c2=O)C(C)C)o1. The number of benzene rings is 1. The third-order valence-electron chi connectivity index (χ3n) is 5.83.